The van der Waals surface area contributed by atoms with Crippen LogP contribution in [0.15, 0.2) is 30.5 Å². The van der Waals surface area contributed by atoms with Gasteiger partial charge in [-0.3, -0.25) is 9.48 Å². The fraction of sp³-hybridized carbons (Fsp3) is 0.565. The first-order valence-electron chi connectivity index (χ1n) is 10.9. The third-order valence-corrected chi connectivity index (χ3v) is 6.39. The molecule has 0 radical (unpaired) electrons. The maximum Gasteiger partial charge on any atom is 0.257 e. The minimum atomic E-state index is 0.156. The monoisotopic (exact) mass is 395 g/mol. The standard InChI is InChI=1S/C23H33N5O/c1-3-18-4-6-19(7-5-18)15-24-16-20-8-9-28-22(14-20)21(17-25-28)23(29)27-12-10-26(2)11-13-27/h4-7,17,20,24H,3,8-16H2,1-2H3/t20-/m0/s1. The predicted octanol–water partition coefficient (Wildman–Crippen LogP) is 2.19. The molecule has 1 fully saturated rings. The second-order valence-corrected chi connectivity index (χ2v) is 8.48. The van der Waals surface area contributed by atoms with Crippen molar-refractivity contribution in [1.29, 1.82) is 0 Å². The van der Waals surface area contributed by atoms with Gasteiger partial charge in [-0.25, -0.2) is 0 Å². The van der Waals surface area contributed by atoms with E-state index in [0.29, 0.717) is 5.92 Å². The van der Waals surface area contributed by atoms with Gasteiger partial charge in [0.05, 0.1) is 17.5 Å². The van der Waals surface area contributed by atoms with E-state index >= 15 is 0 Å². The number of fused-ring (bicyclic) bond motifs is 1. The van der Waals surface area contributed by atoms with Crippen molar-refractivity contribution in [2.45, 2.75) is 39.3 Å². The molecule has 0 aliphatic carbocycles. The van der Waals surface area contributed by atoms with E-state index in [1.54, 1.807) is 6.20 Å². The van der Waals surface area contributed by atoms with Crippen molar-refractivity contribution in [3.05, 3.63) is 52.8 Å². The number of hydrogen-bond acceptors (Lipinski definition) is 4. The lowest BCUT2D eigenvalue weighted by Gasteiger charge is -2.32. The van der Waals surface area contributed by atoms with Crippen LogP contribution in [0.1, 0.15) is 40.5 Å². The predicted molar refractivity (Wildman–Crippen MR) is 115 cm³/mol. The highest BCUT2D eigenvalue weighted by Crippen LogP contribution is 2.24. The Morgan fingerprint density at radius 1 is 1.10 bits per heavy atom. The molecule has 1 aromatic heterocycles. The first-order chi connectivity index (χ1) is 14.1. The molecule has 1 aromatic carbocycles. The van der Waals surface area contributed by atoms with Crippen molar-refractivity contribution in [3.63, 3.8) is 0 Å². The molecule has 29 heavy (non-hydrogen) atoms. The highest BCUT2D eigenvalue weighted by Gasteiger charge is 2.28. The molecule has 2 aliphatic heterocycles. The summed E-state index contributed by atoms with van der Waals surface area (Å²) in [6.07, 6.45) is 4.91. The van der Waals surface area contributed by atoms with Gasteiger partial charge in [-0.05, 0) is 49.9 Å². The number of piperazine rings is 1. The summed E-state index contributed by atoms with van der Waals surface area (Å²) in [4.78, 5) is 17.3. The zero-order valence-electron chi connectivity index (χ0n) is 17.7. The first-order valence-corrected chi connectivity index (χ1v) is 10.9. The second-order valence-electron chi connectivity index (χ2n) is 8.48. The van der Waals surface area contributed by atoms with E-state index in [0.717, 1.165) is 76.3 Å². The number of rotatable bonds is 6. The lowest BCUT2D eigenvalue weighted by atomic mass is 9.94. The Morgan fingerprint density at radius 2 is 1.83 bits per heavy atom. The number of aryl methyl sites for hydroxylation is 2. The van der Waals surface area contributed by atoms with Crippen molar-refractivity contribution in [3.8, 4) is 0 Å². The minimum Gasteiger partial charge on any atom is -0.336 e. The van der Waals surface area contributed by atoms with Gasteiger partial charge >= 0.3 is 0 Å². The van der Waals surface area contributed by atoms with Crippen LogP contribution in [-0.4, -0.2) is 65.3 Å². The van der Waals surface area contributed by atoms with Gasteiger partial charge in [0.25, 0.3) is 5.91 Å². The molecule has 0 saturated carbocycles. The molecule has 2 aromatic rings. The Balaban J connectivity index is 1.33. The Bertz CT molecular complexity index is 820. The van der Waals surface area contributed by atoms with Crippen molar-refractivity contribution in [2.75, 3.05) is 39.8 Å². The average Bonchev–Trinajstić information content (AvgIpc) is 3.17. The molecular formula is C23H33N5O. The number of nitrogens with zero attached hydrogens (tertiary/aromatic N) is 4. The lowest BCUT2D eigenvalue weighted by molar-refractivity contribution is 0.0662. The van der Waals surface area contributed by atoms with E-state index in [1.807, 2.05) is 9.58 Å². The number of aromatic nitrogens is 2. The lowest BCUT2D eigenvalue weighted by Crippen LogP contribution is -2.47. The number of likely N-dealkylation sites (N-methyl/N-ethyl adjacent to an activating group) is 1. The molecule has 1 N–H and O–H groups in total. The number of amides is 1. The van der Waals surface area contributed by atoms with Gasteiger partial charge in [-0.2, -0.15) is 5.10 Å². The Labute approximate surface area is 173 Å². The summed E-state index contributed by atoms with van der Waals surface area (Å²) < 4.78 is 2.04. The van der Waals surface area contributed by atoms with Crippen molar-refractivity contribution < 1.29 is 4.79 Å². The zero-order chi connectivity index (χ0) is 20.2. The van der Waals surface area contributed by atoms with Crippen LogP contribution in [0.25, 0.3) is 0 Å². The summed E-state index contributed by atoms with van der Waals surface area (Å²) in [6, 6.07) is 8.86. The quantitative estimate of drug-likeness (QED) is 0.815. The van der Waals surface area contributed by atoms with Crippen LogP contribution in [0.4, 0.5) is 0 Å². The Kier molecular flexibility index (Phi) is 6.31. The van der Waals surface area contributed by atoms with Crippen LogP contribution in [0.3, 0.4) is 0 Å². The van der Waals surface area contributed by atoms with Crippen molar-refractivity contribution >= 4 is 5.91 Å². The van der Waals surface area contributed by atoms with Crippen LogP contribution in [-0.2, 0) is 25.9 Å². The van der Waals surface area contributed by atoms with Crippen LogP contribution in [0.2, 0.25) is 0 Å². The summed E-state index contributed by atoms with van der Waals surface area (Å²) in [7, 11) is 2.11. The van der Waals surface area contributed by atoms with Crippen LogP contribution < -0.4 is 5.32 Å². The molecular weight excluding hydrogens is 362 g/mol. The van der Waals surface area contributed by atoms with Crippen molar-refractivity contribution in [1.82, 2.24) is 24.9 Å². The number of nitrogens with one attached hydrogen (secondary N) is 1. The maximum atomic E-state index is 13.0. The van der Waals surface area contributed by atoms with Gasteiger partial charge in [0.2, 0.25) is 0 Å². The maximum absolute atomic E-state index is 13.0. The fourth-order valence-corrected chi connectivity index (χ4v) is 4.35. The molecule has 6 nitrogen and oxygen atoms in total. The number of carbonyl (C=O) groups excluding carboxylic acids is 1. The van der Waals surface area contributed by atoms with E-state index in [9.17, 15) is 4.79 Å². The first kappa shape index (κ1) is 20.1. The molecule has 4 rings (SSSR count). The number of carbonyl (C=O) groups is 1. The van der Waals surface area contributed by atoms with Gasteiger partial charge in [-0.1, -0.05) is 31.2 Å². The molecule has 1 saturated heterocycles. The SMILES string of the molecule is CCc1ccc(CNC[C@H]2CCn3ncc(C(=O)N4CCN(C)CC4)c3C2)cc1. The van der Waals surface area contributed by atoms with Crippen LogP contribution >= 0.6 is 0 Å². The molecule has 0 spiro atoms. The topological polar surface area (TPSA) is 53.4 Å². The Hall–Kier alpha value is -2.18. The van der Waals surface area contributed by atoms with E-state index in [1.165, 1.54) is 11.1 Å². The van der Waals surface area contributed by atoms with Gasteiger partial charge in [0.15, 0.2) is 0 Å². The van der Waals surface area contributed by atoms with E-state index in [4.69, 9.17) is 0 Å². The van der Waals surface area contributed by atoms with Crippen LogP contribution in [0, 0.1) is 5.92 Å². The van der Waals surface area contributed by atoms with Gasteiger partial charge in [0.1, 0.15) is 0 Å². The molecule has 0 bridgehead atoms. The molecule has 3 heterocycles. The van der Waals surface area contributed by atoms with Gasteiger partial charge < -0.3 is 15.1 Å². The highest BCUT2D eigenvalue weighted by molar-refractivity contribution is 5.95. The minimum absolute atomic E-state index is 0.156. The molecule has 0 unspecified atom stereocenters. The third kappa shape index (κ3) is 4.70. The summed E-state index contributed by atoms with van der Waals surface area (Å²) in [5.74, 6) is 0.706. The summed E-state index contributed by atoms with van der Waals surface area (Å²) in [5, 5.41) is 8.12. The summed E-state index contributed by atoms with van der Waals surface area (Å²) >= 11 is 0. The van der Waals surface area contributed by atoms with Gasteiger partial charge in [-0.15, -0.1) is 0 Å². The molecule has 6 heteroatoms. The largest absolute Gasteiger partial charge is 0.336 e. The number of hydrogen-bond donors (Lipinski definition) is 1. The van der Waals surface area contributed by atoms with E-state index < -0.39 is 0 Å². The molecule has 2 aliphatic rings. The normalized spacial score (nSPS) is 19.9. The smallest absolute Gasteiger partial charge is 0.257 e. The second kappa shape index (κ2) is 9.09. The zero-order valence-corrected chi connectivity index (χ0v) is 17.7. The van der Waals surface area contributed by atoms with E-state index in [2.05, 4.69) is 53.6 Å². The third-order valence-electron chi connectivity index (χ3n) is 6.39. The summed E-state index contributed by atoms with van der Waals surface area (Å²) in [6.45, 7) is 8.47. The van der Waals surface area contributed by atoms with Crippen LogP contribution in [0.5, 0.6) is 0 Å². The highest BCUT2D eigenvalue weighted by atomic mass is 16.2. The Morgan fingerprint density at radius 3 is 2.55 bits per heavy atom. The average molecular weight is 396 g/mol. The molecule has 1 atom stereocenters. The molecule has 156 valence electrons. The van der Waals surface area contributed by atoms with Gasteiger partial charge in [0, 0.05) is 39.3 Å². The van der Waals surface area contributed by atoms with Crippen molar-refractivity contribution in [2.24, 2.45) is 5.92 Å². The summed E-state index contributed by atoms with van der Waals surface area (Å²) in [5.41, 5.74) is 4.65. The fourth-order valence-electron chi connectivity index (χ4n) is 4.35. The number of benzene rings is 1. The van der Waals surface area contributed by atoms with E-state index in [-0.39, 0.29) is 5.91 Å². The molecule has 1 amide bonds.